The molecule has 1 aromatic heterocycles. The molecule has 0 spiro atoms. The van der Waals surface area contributed by atoms with Crippen LogP contribution in [-0.4, -0.2) is 5.11 Å². The molecule has 0 atom stereocenters. The van der Waals surface area contributed by atoms with Crippen molar-refractivity contribution in [3.63, 3.8) is 0 Å². The van der Waals surface area contributed by atoms with E-state index in [1.54, 1.807) is 6.08 Å². The van der Waals surface area contributed by atoms with Crippen LogP contribution in [0.1, 0.15) is 69.8 Å². The van der Waals surface area contributed by atoms with Gasteiger partial charge in [-0.25, -0.2) is 4.42 Å². The molecule has 1 N–H and O–H groups in total. The van der Waals surface area contributed by atoms with Gasteiger partial charge in [-0.3, -0.25) is 0 Å². The van der Waals surface area contributed by atoms with Crippen LogP contribution in [0.2, 0.25) is 0 Å². The lowest BCUT2D eigenvalue weighted by Gasteiger charge is -2.14. The zero-order chi connectivity index (χ0) is 19.5. The van der Waals surface area contributed by atoms with Crippen LogP contribution in [0.4, 0.5) is 0 Å². The minimum absolute atomic E-state index is 0.0657. The Morgan fingerprint density at radius 3 is 1.85 bits per heavy atom. The van der Waals surface area contributed by atoms with E-state index >= 15 is 0 Å². The topological polar surface area (TPSA) is 31.5 Å². The van der Waals surface area contributed by atoms with Gasteiger partial charge in [-0.1, -0.05) is 42.0 Å². The maximum absolute atomic E-state index is 10.2. The van der Waals surface area contributed by atoms with Crippen LogP contribution in [0.15, 0.2) is 53.0 Å². The Morgan fingerprint density at radius 1 is 0.885 bits per heavy atom. The van der Waals surface area contributed by atoms with Gasteiger partial charge >= 0.3 is 11.5 Å². The molecule has 26 heavy (non-hydrogen) atoms. The highest BCUT2D eigenvalue weighted by Gasteiger charge is 2.33. The fraction of sp³-hybridized carbons (Fsp3) is 0.375. The fourth-order valence-electron chi connectivity index (χ4n) is 2.43. The second kappa shape index (κ2) is 7.49. The Labute approximate surface area is 157 Å². The first kappa shape index (κ1) is 20.0. The molecule has 138 valence electrons. The molecule has 0 aliphatic carbocycles. The van der Waals surface area contributed by atoms with Crippen LogP contribution in [0.5, 0.6) is 0 Å². The zero-order valence-electron chi connectivity index (χ0n) is 17.1. The number of aliphatic hydroxyl groups excluding tert-OH is 1. The highest BCUT2D eigenvalue weighted by atomic mass is 16.3. The van der Waals surface area contributed by atoms with E-state index in [9.17, 15) is 5.11 Å². The van der Waals surface area contributed by atoms with E-state index in [-0.39, 0.29) is 16.6 Å². The van der Waals surface area contributed by atoms with Crippen LogP contribution in [0.25, 0.3) is 11.8 Å². The molecule has 0 aliphatic heterocycles. The molecular formula is C24H31O2+. The molecule has 0 unspecified atom stereocenters. The zero-order valence-corrected chi connectivity index (χ0v) is 17.1. The van der Waals surface area contributed by atoms with Gasteiger partial charge in [0.1, 0.15) is 5.76 Å². The highest BCUT2D eigenvalue weighted by Crippen LogP contribution is 2.30. The molecule has 0 bridgehead atoms. The first-order valence-corrected chi connectivity index (χ1v) is 9.10. The molecule has 2 heteroatoms. The minimum atomic E-state index is -0.0657. The summed E-state index contributed by atoms with van der Waals surface area (Å²) >= 11 is 0. The van der Waals surface area contributed by atoms with Gasteiger partial charge in [-0.2, -0.15) is 0 Å². The molecule has 0 saturated heterocycles. The molecule has 0 aliphatic rings. The van der Waals surface area contributed by atoms with Crippen LogP contribution in [-0.2, 0) is 10.8 Å². The molecule has 2 rings (SSSR count). The van der Waals surface area contributed by atoms with Crippen LogP contribution < -0.4 is 0 Å². The van der Waals surface area contributed by atoms with Gasteiger partial charge in [0.05, 0.1) is 10.8 Å². The quantitative estimate of drug-likeness (QED) is 0.364. The number of aliphatic hydroxyl groups is 1. The van der Waals surface area contributed by atoms with Crippen molar-refractivity contribution in [1.29, 1.82) is 0 Å². The number of hydrogen-bond donors (Lipinski definition) is 1. The van der Waals surface area contributed by atoms with Crippen molar-refractivity contribution in [2.75, 3.05) is 0 Å². The van der Waals surface area contributed by atoms with E-state index in [2.05, 4.69) is 53.7 Å². The molecular weight excluding hydrogens is 320 g/mol. The lowest BCUT2D eigenvalue weighted by atomic mass is 9.88. The second-order valence-electron chi connectivity index (χ2n) is 8.90. The summed E-state index contributed by atoms with van der Waals surface area (Å²) in [6.45, 7) is 14.9. The standard InChI is InChI=1S/C24H30O2/c1-17-11-13-19(14-12-17)20(25)10-8-9-18-15-21(23(2,3)4)26-22(16-18)24(5,6)7/h8-16H,1-7H3/p+1/b9-8+,20-10+. The lowest BCUT2D eigenvalue weighted by molar-refractivity contribution is 0.328. The van der Waals surface area contributed by atoms with Crippen molar-refractivity contribution >= 4 is 11.8 Å². The highest BCUT2D eigenvalue weighted by molar-refractivity contribution is 5.63. The smallest absolute Gasteiger partial charge is 0.335 e. The third-order valence-electron chi connectivity index (χ3n) is 4.18. The van der Waals surface area contributed by atoms with Gasteiger partial charge in [0.25, 0.3) is 0 Å². The maximum Gasteiger partial charge on any atom is 0.335 e. The van der Waals surface area contributed by atoms with Crippen molar-refractivity contribution in [2.45, 2.75) is 59.3 Å². The van der Waals surface area contributed by atoms with Gasteiger partial charge < -0.3 is 5.11 Å². The van der Waals surface area contributed by atoms with Crippen molar-refractivity contribution < 1.29 is 9.52 Å². The largest absolute Gasteiger partial charge is 0.507 e. The number of allylic oxidation sites excluding steroid dienone is 2. The first-order valence-electron chi connectivity index (χ1n) is 9.10. The monoisotopic (exact) mass is 351 g/mol. The van der Waals surface area contributed by atoms with E-state index in [4.69, 9.17) is 4.42 Å². The van der Waals surface area contributed by atoms with E-state index in [0.29, 0.717) is 0 Å². The molecule has 0 radical (unpaired) electrons. The fourth-order valence-corrected chi connectivity index (χ4v) is 2.43. The van der Waals surface area contributed by atoms with Crippen molar-refractivity contribution in [2.24, 2.45) is 0 Å². The van der Waals surface area contributed by atoms with E-state index < -0.39 is 0 Å². The Kier molecular flexibility index (Phi) is 5.75. The summed E-state index contributed by atoms with van der Waals surface area (Å²) in [7, 11) is 0. The number of aryl methyl sites for hydroxylation is 1. The summed E-state index contributed by atoms with van der Waals surface area (Å²) in [5.74, 6) is 2.17. The van der Waals surface area contributed by atoms with E-state index in [1.807, 2.05) is 43.3 Å². The molecule has 1 heterocycles. The van der Waals surface area contributed by atoms with Crippen molar-refractivity contribution in [1.82, 2.24) is 0 Å². The molecule has 0 saturated carbocycles. The Hall–Kier alpha value is -2.35. The van der Waals surface area contributed by atoms with Gasteiger partial charge in [0, 0.05) is 17.7 Å². The van der Waals surface area contributed by atoms with Gasteiger partial charge in [0.2, 0.25) is 0 Å². The summed E-state index contributed by atoms with van der Waals surface area (Å²) in [6.07, 6.45) is 5.61. The summed E-state index contributed by atoms with van der Waals surface area (Å²) < 4.78 is 6.16. The van der Waals surface area contributed by atoms with Crippen molar-refractivity contribution in [3.05, 3.63) is 76.8 Å². The summed E-state index contributed by atoms with van der Waals surface area (Å²) in [5, 5.41) is 10.2. The molecule has 0 fully saturated rings. The number of hydrogen-bond acceptors (Lipinski definition) is 1. The van der Waals surface area contributed by atoms with Gasteiger partial charge in [-0.15, -0.1) is 0 Å². The number of rotatable bonds is 3. The molecule has 1 aromatic carbocycles. The Bertz CT molecular complexity index is 779. The Morgan fingerprint density at radius 2 is 1.38 bits per heavy atom. The molecule has 2 nitrogen and oxygen atoms in total. The van der Waals surface area contributed by atoms with Crippen molar-refractivity contribution in [3.8, 4) is 0 Å². The normalized spacial score (nSPS) is 13.4. The van der Waals surface area contributed by atoms with Gasteiger partial charge in [0.15, 0.2) is 0 Å². The summed E-state index contributed by atoms with van der Waals surface area (Å²) in [4.78, 5) is 0. The van der Waals surface area contributed by atoms with E-state index in [0.717, 1.165) is 22.6 Å². The summed E-state index contributed by atoms with van der Waals surface area (Å²) in [5.41, 5.74) is 2.93. The average Bonchev–Trinajstić information content (AvgIpc) is 2.53. The summed E-state index contributed by atoms with van der Waals surface area (Å²) in [6, 6.07) is 12.0. The maximum atomic E-state index is 10.2. The van der Waals surface area contributed by atoms with Gasteiger partial charge in [-0.05, 0) is 60.1 Å². The predicted molar refractivity (Wildman–Crippen MR) is 111 cm³/mol. The minimum Gasteiger partial charge on any atom is -0.507 e. The van der Waals surface area contributed by atoms with Crippen LogP contribution in [0, 0.1) is 6.92 Å². The van der Waals surface area contributed by atoms with E-state index in [1.165, 1.54) is 5.56 Å². The Balaban J connectivity index is 2.34. The third kappa shape index (κ3) is 5.32. The average molecular weight is 352 g/mol. The SMILES string of the molecule is Cc1ccc(/C(O)=C\C=C\c2cc(C(C)(C)C)[o+]c(C(C)(C)C)c2)cc1. The molecule has 0 amide bonds. The number of benzene rings is 1. The second-order valence-corrected chi connectivity index (χ2v) is 8.90. The first-order chi connectivity index (χ1) is 12.0. The lowest BCUT2D eigenvalue weighted by Crippen LogP contribution is -2.16. The van der Waals surface area contributed by atoms with Crippen LogP contribution in [0.3, 0.4) is 0 Å². The predicted octanol–water partition coefficient (Wildman–Crippen LogP) is 7.08. The third-order valence-corrected chi connectivity index (χ3v) is 4.18. The molecule has 2 aromatic rings. The van der Waals surface area contributed by atoms with Crippen LogP contribution >= 0.6 is 0 Å².